The summed E-state index contributed by atoms with van der Waals surface area (Å²) in [6.45, 7) is 1.70. The molecule has 0 saturated heterocycles. The van der Waals surface area contributed by atoms with Crippen molar-refractivity contribution < 1.29 is 46.2 Å². The fourth-order valence-corrected chi connectivity index (χ4v) is 7.50. The Kier molecular flexibility index (Phi) is 8.26. The maximum atomic E-state index is 14.6. The smallest absolute Gasteiger partial charge is 0.433 e. The molecule has 240 valence electrons. The average Bonchev–Trinajstić information content (AvgIpc) is 3.35. The number of carbonyl (C=O) groups excluding carboxylic acids is 2. The molecule has 3 fully saturated rings. The van der Waals surface area contributed by atoms with E-state index in [9.17, 15) is 41.4 Å². The number of carboxylic acid groups (broad SMARTS) is 1. The number of fused-ring (bicyclic) bond motifs is 1. The van der Waals surface area contributed by atoms with Gasteiger partial charge in [-0.25, -0.2) is 0 Å². The number of alkyl halides is 5. The van der Waals surface area contributed by atoms with E-state index in [1.54, 1.807) is 6.92 Å². The second kappa shape index (κ2) is 11.3. The molecule has 14 heteroatoms. The third kappa shape index (κ3) is 5.79. The Bertz CT molecular complexity index is 1450. The summed E-state index contributed by atoms with van der Waals surface area (Å²) in [4.78, 5) is 40.3. The van der Waals surface area contributed by atoms with Gasteiger partial charge in [-0.15, -0.1) is 0 Å². The van der Waals surface area contributed by atoms with E-state index in [0.29, 0.717) is 12.8 Å². The zero-order chi connectivity index (χ0) is 32.4. The van der Waals surface area contributed by atoms with Crippen LogP contribution in [0.2, 0.25) is 5.02 Å². The van der Waals surface area contributed by atoms with Crippen molar-refractivity contribution in [1.82, 2.24) is 14.7 Å². The summed E-state index contributed by atoms with van der Waals surface area (Å²) in [6, 6.07) is 2.36. The Morgan fingerprint density at radius 2 is 1.75 bits per heavy atom. The molecule has 3 aliphatic carbocycles. The first-order valence-corrected chi connectivity index (χ1v) is 14.8. The van der Waals surface area contributed by atoms with Gasteiger partial charge in [-0.2, -0.15) is 27.1 Å². The lowest BCUT2D eigenvalue weighted by Crippen LogP contribution is -2.44. The highest BCUT2D eigenvalue weighted by molar-refractivity contribution is 6.34. The first-order valence-electron chi connectivity index (χ1n) is 14.4. The van der Waals surface area contributed by atoms with Crippen molar-refractivity contribution in [3.05, 3.63) is 46.2 Å². The molecule has 5 rings (SSSR count). The number of hydrogen-bond acceptors (Lipinski definition) is 5. The molecule has 1 unspecified atom stereocenters. The third-order valence-corrected chi connectivity index (χ3v) is 10.4. The number of ether oxygens (including phenoxy) is 1. The summed E-state index contributed by atoms with van der Waals surface area (Å²) in [5.74, 6) is -3.02. The van der Waals surface area contributed by atoms with Gasteiger partial charge in [0.1, 0.15) is 5.75 Å². The van der Waals surface area contributed by atoms with Crippen LogP contribution in [-0.4, -0.2) is 56.6 Å². The minimum absolute atomic E-state index is 0.00366. The molecule has 8 nitrogen and oxygen atoms in total. The maximum Gasteiger partial charge on any atom is 0.433 e. The van der Waals surface area contributed by atoms with Crippen LogP contribution in [0.3, 0.4) is 0 Å². The minimum Gasteiger partial charge on any atom is -0.481 e. The number of carboxylic acids is 1. The molecule has 3 aliphatic rings. The lowest BCUT2D eigenvalue weighted by molar-refractivity contribution is -0.152. The lowest BCUT2D eigenvalue weighted by Gasteiger charge is -2.35. The van der Waals surface area contributed by atoms with Crippen molar-refractivity contribution in [3.8, 4) is 5.75 Å². The summed E-state index contributed by atoms with van der Waals surface area (Å²) in [5.41, 5.74) is -3.47. The number of aliphatic carboxylic acids is 1. The first-order chi connectivity index (χ1) is 20.5. The summed E-state index contributed by atoms with van der Waals surface area (Å²) in [7, 11) is 0. The summed E-state index contributed by atoms with van der Waals surface area (Å²) in [6.07, 6.45) is -2.73. The van der Waals surface area contributed by atoms with Gasteiger partial charge in [-0.05, 0) is 74.8 Å². The molecule has 44 heavy (non-hydrogen) atoms. The summed E-state index contributed by atoms with van der Waals surface area (Å²) >= 11 is 6.18. The van der Waals surface area contributed by atoms with E-state index in [0.717, 1.165) is 21.8 Å². The molecule has 3 atom stereocenters. The number of carbonyl (C=O) groups is 3. The SMILES string of the molecule is CC1(C(=O)O)CCC(n2ncc(C(=O)N(CC(=O)c3c(Cl)cccc3OC(F)F)C3C[C@@H]4[C@H](C3)C4(C)C)c2C(F)(F)F)CC1. The van der Waals surface area contributed by atoms with Gasteiger partial charge in [-0.1, -0.05) is 31.5 Å². The van der Waals surface area contributed by atoms with Crippen molar-refractivity contribution in [3.63, 3.8) is 0 Å². The van der Waals surface area contributed by atoms with Crippen molar-refractivity contribution in [1.29, 1.82) is 0 Å². The Hall–Kier alpha value is -3.22. The van der Waals surface area contributed by atoms with Crippen LogP contribution in [0.5, 0.6) is 5.75 Å². The predicted molar refractivity (Wildman–Crippen MR) is 148 cm³/mol. The monoisotopic (exact) mass is 645 g/mol. The van der Waals surface area contributed by atoms with Crippen LogP contribution < -0.4 is 4.74 Å². The van der Waals surface area contributed by atoms with Gasteiger partial charge in [0, 0.05) is 6.04 Å². The number of rotatable bonds is 9. The molecule has 3 saturated carbocycles. The second-order valence-corrected chi connectivity index (χ2v) is 13.4. The Balaban J connectivity index is 1.49. The summed E-state index contributed by atoms with van der Waals surface area (Å²) in [5, 5.41) is 13.3. The fourth-order valence-electron chi connectivity index (χ4n) is 7.23. The van der Waals surface area contributed by atoms with Gasteiger partial charge in [0.25, 0.3) is 5.91 Å². The molecule has 1 aromatic heterocycles. The zero-order valence-corrected chi connectivity index (χ0v) is 25.1. The number of aromatic nitrogens is 2. The zero-order valence-electron chi connectivity index (χ0n) is 24.3. The minimum atomic E-state index is -4.99. The van der Waals surface area contributed by atoms with Crippen LogP contribution in [-0.2, 0) is 11.0 Å². The van der Waals surface area contributed by atoms with E-state index < -0.39 is 77.1 Å². The highest BCUT2D eigenvalue weighted by atomic mass is 35.5. The van der Waals surface area contributed by atoms with E-state index in [-0.39, 0.29) is 48.0 Å². The molecule has 0 aliphatic heterocycles. The van der Waals surface area contributed by atoms with Crippen molar-refractivity contribution in [2.45, 2.75) is 84.2 Å². The van der Waals surface area contributed by atoms with Crippen molar-refractivity contribution >= 4 is 29.3 Å². The van der Waals surface area contributed by atoms with E-state index in [2.05, 4.69) is 23.7 Å². The second-order valence-electron chi connectivity index (χ2n) is 13.0. The fraction of sp³-hybridized carbons (Fsp3) is 0.600. The summed E-state index contributed by atoms with van der Waals surface area (Å²) < 4.78 is 75.2. The van der Waals surface area contributed by atoms with E-state index >= 15 is 0 Å². The molecule has 0 spiro atoms. The number of ketones is 1. The molecular formula is C30H33ClF5N3O5. The molecule has 1 heterocycles. The van der Waals surface area contributed by atoms with Crippen molar-refractivity contribution in [2.75, 3.05) is 6.54 Å². The quantitative estimate of drug-likeness (QED) is 0.230. The highest BCUT2D eigenvalue weighted by Crippen LogP contribution is 2.67. The third-order valence-electron chi connectivity index (χ3n) is 10.0. The van der Waals surface area contributed by atoms with E-state index in [4.69, 9.17) is 11.6 Å². The van der Waals surface area contributed by atoms with E-state index in [1.807, 2.05) is 0 Å². The average molecular weight is 646 g/mol. The van der Waals surface area contributed by atoms with Crippen LogP contribution in [0.1, 0.15) is 91.7 Å². The van der Waals surface area contributed by atoms with Crippen LogP contribution in [0, 0.1) is 22.7 Å². The largest absolute Gasteiger partial charge is 0.481 e. The maximum absolute atomic E-state index is 14.6. The van der Waals surface area contributed by atoms with Gasteiger partial charge in [0.2, 0.25) is 0 Å². The Morgan fingerprint density at radius 1 is 1.14 bits per heavy atom. The van der Waals surface area contributed by atoms with Gasteiger partial charge >= 0.3 is 18.8 Å². The topological polar surface area (TPSA) is 102 Å². The van der Waals surface area contributed by atoms with Crippen molar-refractivity contribution in [2.24, 2.45) is 22.7 Å². The van der Waals surface area contributed by atoms with E-state index in [1.165, 1.54) is 12.1 Å². The molecular weight excluding hydrogens is 613 g/mol. The van der Waals surface area contributed by atoms with Gasteiger partial charge in [0.05, 0.1) is 40.3 Å². The number of nitrogens with zero attached hydrogens (tertiary/aromatic N) is 3. The molecule has 1 amide bonds. The molecule has 2 aromatic rings. The molecule has 1 aromatic carbocycles. The standard InChI is InChI=1S/C30H33ClF5N3O5/c1-28(2)18-11-16(12-19(18)28)38(14-21(40)23-20(31)5-4-6-22(23)44-27(32)33)25(41)17-13-37-39(24(17)30(34,35)36)15-7-9-29(3,10-8-15)26(42)43/h4-6,13,15-16,18-19,27H,7-12,14H2,1-3H3,(H,42,43)/t15?,16?,18-,19+,29?. The van der Waals surface area contributed by atoms with Gasteiger partial charge in [-0.3, -0.25) is 19.1 Å². The number of Topliss-reactive ketones (excluding diaryl/α,β-unsaturated/α-hetero) is 1. The van der Waals surface area contributed by atoms with Crippen LogP contribution in [0.15, 0.2) is 24.4 Å². The molecule has 0 radical (unpaired) electrons. The van der Waals surface area contributed by atoms with Crippen LogP contribution in [0.4, 0.5) is 22.0 Å². The van der Waals surface area contributed by atoms with Crippen LogP contribution >= 0.6 is 11.6 Å². The van der Waals surface area contributed by atoms with Gasteiger partial charge < -0.3 is 14.7 Å². The highest BCUT2D eigenvalue weighted by Gasteiger charge is 2.63. The molecule has 0 bridgehead atoms. The Labute approximate surface area is 255 Å². The predicted octanol–water partition coefficient (Wildman–Crippen LogP) is 7.12. The Morgan fingerprint density at radius 3 is 2.30 bits per heavy atom. The van der Waals surface area contributed by atoms with Gasteiger partial charge in [0.15, 0.2) is 11.5 Å². The van der Waals surface area contributed by atoms with Crippen LogP contribution in [0.25, 0.3) is 0 Å². The first kappa shape index (κ1) is 32.2. The normalized spacial score (nSPS) is 27.6. The lowest BCUT2D eigenvalue weighted by atomic mass is 9.74. The number of benzene rings is 1. The number of amides is 1. The number of hydrogen-bond donors (Lipinski definition) is 1. The molecule has 1 N–H and O–H groups in total. The number of halogens is 6.